The maximum absolute atomic E-state index is 10.5. The van der Waals surface area contributed by atoms with Gasteiger partial charge in [0.1, 0.15) is 6.21 Å². The number of aliphatic imine (C=N–C) groups is 1. The summed E-state index contributed by atoms with van der Waals surface area (Å²) in [6.07, 6.45) is 3.62. The van der Waals surface area contributed by atoms with Crippen LogP contribution < -0.4 is 10.5 Å². The van der Waals surface area contributed by atoms with E-state index in [4.69, 9.17) is 10.5 Å². The molecule has 18 heavy (non-hydrogen) atoms. The highest BCUT2D eigenvalue weighted by Crippen LogP contribution is 2.24. The van der Waals surface area contributed by atoms with E-state index in [0.717, 1.165) is 18.0 Å². The molecule has 7 heteroatoms. The Bertz CT molecular complexity index is 485. The van der Waals surface area contributed by atoms with Crippen LogP contribution in [0.2, 0.25) is 0 Å². The third-order valence-corrected chi connectivity index (χ3v) is 2.26. The van der Waals surface area contributed by atoms with Crippen LogP contribution in [0.1, 0.15) is 18.5 Å². The molecule has 1 aromatic heterocycles. The maximum Gasteiger partial charge on any atom is 0.302 e. The standard InChI is InChI=1S/C11H14N4O3/c1-8(14-7-9(6-12)15(16)17)10-4-3-5-13-11(10)18-2/h3-8H,12H2,1-2H3. The van der Waals surface area contributed by atoms with Gasteiger partial charge in [-0.2, -0.15) is 0 Å². The van der Waals surface area contributed by atoms with Gasteiger partial charge in [0.2, 0.25) is 5.88 Å². The monoisotopic (exact) mass is 250 g/mol. The van der Waals surface area contributed by atoms with Crippen molar-refractivity contribution in [2.45, 2.75) is 13.0 Å². The van der Waals surface area contributed by atoms with Gasteiger partial charge in [0.05, 0.1) is 24.3 Å². The van der Waals surface area contributed by atoms with Crippen molar-refractivity contribution in [2.75, 3.05) is 7.11 Å². The first-order valence-corrected chi connectivity index (χ1v) is 5.18. The number of rotatable bonds is 5. The molecule has 1 heterocycles. The Morgan fingerprint density at radius 3 is 3.00 bits per heavy atom. The molecule has 0 saturated heterocycles. The van der Waals surface area contributed by atoms with Crippen molar-refractivity contribution in [2.24, 2.45) is 10.7 Å². The fourth-order valence-electron chi connectivity index (χ4n) is 1.31. The number of hydrogen-bond acceptors (Lipinski definition) is 6. The van der Waals surface area contributed by atoms with Crippen molar-refractivity contribution in [3.8, 4) is 5.88 Å². The molecule has 1 rings (SSSR count). The van der Waals surface area contributed by atoms with Gasteiger partial charge in [0.15, 0.2) is 0 Å². The van der Waals surface area contributed by atoms with Crippen molar-refractivity contribution in [1.82, 2.24) is 4.98 Å². The molecule has 96 valence electrons. The Morgan fingerprint density at radius 2 is 2.44 bits per heavy atom. The van der Waals surface area contributed by atoms with Crippen molar-refractivity contribution in [3.05, 3.63) is 45.9 Å². The number of hydrogen-bond donors (Lipinski definition) is 1. The Balaban J connectivity index is 2.91. The maximum atomic E-state index is 10.5. The molecule has 1 atom stereocenters. The number of nitrogens with two attached hydrogens (primary N) is 1. The lowest BCUT2D eigenvalue weighted by Crippen LogP contribution is -2.04. The van der Waals surface area contributed by atoms with Crippen LogP contribution in [0.3, 0.4) is 0 Å². The van der Waals surface area contributed by atoms with Gasteiger partial charge >= 0.3 is 5.70 Å². The molecular weight excluding hydrogens is 236 g/mol. The first-order valence-electron chi connectivity index (χ1n) is 5.18. The SMILES string of the molecule is COc1ncccc1C(C)N=CC(=CN)[N+](=O)[O-]. The number of pyridine rings is 1. The number of ether oxygens (including phenoxy) is 1. The molecule has 0 fully saturated rings. The fraction of sp³-hybridized carbons (Fsp3) is 0.273. The van der Waals surface area contributed by atoms with Crippen molar-refractivity contribution < 1.29 is 9.66 Å². The average molecular weight is 250 g/mol. The van der Waals surface area contributed by atoms with E-state index in [1.54, 1.807) is 25.3 Å². The van der Waals surface area contributed by atoms with Crippen LogP contribution in [0.5, 0.6) is 5.88 Å². The summed E-state index contributed by atoms with van der Waals surface area (Å²) < 4.78 is 5.09. The highest BCUT2D eigenvalue weighted by atomic mass is 16.6. The number of nitro groups is 1. The first kappa shape index (κ1) is 13.6. The lowest BCUT2D eigenvalue weighted by atomic mass is 10.1. The van der Waals surface area contributed by atoms with Crippen molar-refractivity contribution in [1.29, 1.82) is 0 Å². The molecule has 2 N–H and O–H groups in total. The van der Waals surface area contributed by atoms with Gasteiger partial charge in [-0.1, -0.05) is 0 Å². The minimum absolute atomic E-state index is 0.260. The van der Waals surface area contributed by atoms with E-state index in [0.29, 0.717) is 5.88 Å². The van der Waals surface area contributed by atoms with Gasteiger partial charge < -0.3 is 10.5 Å². The van der Waals surface area contributed by atoms with Crippen LogP contribution in [0.25, 0.3) is 0 Å². The molecule has 0 amide bonds. The zero-order chi connectivity index (χ0) is 13.5. The van der Waals surface area contributed by atoms with Crippen LogP contribution in [0, 0.1) is 10.1 Å². The second kappa shape index (κ2) is 6.33. The van der Waals surface area contributed by atoms with Gasteiger partial charge in [-0.15, -0.1) is 0 Å². The van der Waals surface area contributed by atoms with E-state index in [9.17, 15) is 10.1 Å². The molecule has 0 aliphatic heterocycles. The van der Waals surface area contributed by atoms with Gasteiger partial charge in [-0.3, -0.25) is 15.1 Å². The van der Waals surface area contributed by atoms with Gasteiger partial charge in [-0.05, 0) is 19.1 Å². The molecule has 1 aromatic rings. The number of methoxy groups -OCH3 is 1. The highest BCUT2D eigenvalue weighted by Gasteiger charge is 2.12. The normalized spacial score (nSPS) is 13.6. The predicted octanol–water partition coefficient (Wildman–Crippen LogP) is 1.30. The third-order valence-electron chi connectivity index (χ3n) is 2.26. The number of allylic oxidation sites excluding steroid dienone is 1. The molecule has 1 unspecified atom stereocenters. The Morgan fingerprint density at radius 1 is 1.72 bits per heavy atom. The third kappa shape index (κ3) is 3.27. The van der Waals surface area contributed by atoms with Crippen LogP contribution >= 0.6 is 0 Å². The summed E-state index contributed by atoms with van der Waals surface area (Å²) in [6, 6.07) is 3.23. The quantitative estimate of drug-likeness (QED) is 0.482. The van der Waals surface area contributed by atoms with Gasteiger partial charge in [0.25, 0.3) is 0 Å². The van der Waals surface area contributed by atoms with Crippen LogP contribution in [0.4, 0.5) is 0 Å². The smallest absolute Gasteiger partial charge is 0.302 e. The van der Waals surface area contributed by atoms with Crippen LogP contribution in [-0.2, 0) is 0 Å². The van der Waals surface area contributed by atoms with Gasteiger partial charge in [-0.25, -0.2) is 4.98 Å². The second-order valence-electron chi connectivity index (χ2n) is 3.40. The Kier molecular flexibility index (Phi) is 4.79. The molecule has 0 bridgehead atoms. The minimum Gasteiger partial charge on any atom is -0.481 e. The molecular formula is C11H14N4O3. The zero-order valence-electron chi connectivity index (χ0n) is 10.1. The lowest BCUT2D eigenvalue weighted by molar-refractivity contribution is -0.414. The number of nitrogens with zero attached hydrogens (tertiary/aromatic N) is 3. The lowest BCUT2D eigenvalue weighted by Gasteiger charge is -2.09. The molecule has 0 saturated carbocycles. The van der Waals surface area contributed by atoms with Crippen LogP contribution in [-0.4, -0.2) is 23.2 Å². The van der Waals surface area contributed by atoms with Crippen molar-refractivity contribution in [3.63, 3.8) is 0 Å². The van der Waals surface area contributed by atoms with Gasteiger partial charge in [0, 0.05) is 11.8 Å². The topological polar surface area (TPSA) is 104 Å². The van der Waals surface area contributed by atoms with E-state index in [1.165, 1.54) is 7.11 Å². The van der Waals surface area contributed by atoms with E-state index < -0.39 is 4.92 Å². The van der Waals surface area contributed by atoms with E-state index in [1.807, 2.05) is 0 Å². The Hall–Kier alpha value is -2.44. The first-order chi connectivity index (χ1) is 8.60. The summed E-state index contributed by atoms with van der Waals surface area (Å²) in [5.74, 6) is 0.446. The molecule has 0 spiro atoms. The van der Waals surface area contributed by atoms with Crippen molar-refractivity contribution >= 4 is 6.21 Å². The molecule has 0 aliphatic rings. The summed E-state index contributed by atoms with van der Waals surface area (Å²) >= 11 is 0. The molecule has 0 aromatic carbocycles. The Labute approximate surface area is 104 Å². The van der Waals surface area contributed by atoms with Crippen LogP contribution in [0.15, 0.2) is 35.2 Å². The predicted molar refractivity (Wildman–Crippen MR) is 67.0 cm³/mol. The highest BCUT2D eigenvalue weighted by molar-refractivity contribution is 5.75. The molecule has 0 aliphatic carbocycles. The van der Waals surface area contributed by atoms with E-state index in [2.05, 4.69) is 9.98 Å². The minimum atomic E-state index is -0.601. The summed E-state index contributed by atoms with van der Waals surface area (Å²) in [4.78, 5) is 18.0. The van der Waals surface area contributed by atoms with E-state index in [-0.39, 0.29) is 11.7 Å². The zero-order valence-corrected chi connectivity index (χ0v) is 10.1. The largest absolute Gasteiger partial charge is 0.481 e. The summed E-state index contributed by atoms with van der Waals surface area (Å²) in [5, 5.41) is 10.5. The summed E-state index contributed by atoms with van der Waals surface area (Å²) in [6.45, 7) is 1.78. The second-order valence-corrected chi connectivity index (χ2v) is 3.40. The average Bonchev–Trinajstić information content (AvgIpc) is 2.38. The molecule has 0 radical (unpaired) electrons. The fourth-order valence-corrected chi connectivity index (χ4v) is 1.31. The summed E-state index contributed by atoms with van der Waals surface area (Å²) in [7, 11) is 1.50. The molecule has 7 nitrogen and oxygen atoms in total. The number of aromatic nitrogens is 1. The summed E-state index contributed by atoms with van der Waals surface area (Å²) in [5.41, 5.74) is 5.61. The van der Waals surface area contributed by atoms with E-state index >= 15 is 0 Å².